The molecular weight excluding hydrogens is 412 g/mol. The van der Waals surface area contributed by atoms with Gasteiger partial charge in [0.15, 0.2) is 23.0 Å². The molecule has 0 bridgehead atoms. The van der Waals surface area contributed by atoms with Crippen LogP contribution in [-0.2, 0) is 9.53 Å². The summed E-state index contributed by atoms with van der Waals surface area (Å²) in [6, 6.07) is 7.88. The van der Waals surface area contributed by atoms with Crippen molar-refractivity contribution in [1.29, 1.82) is 0 Å². The van der Waals surface area contributed by atoms with Gasteiger partial charge >= 0.3 is 5.97 Å². The van der Waals surface area contributed by atoms with Gasteiger partial charge in [-0.3, -0.25) is 4.79 Å². The Morgan fingerprint density at radius 3 is 2.22 bits per heavy atom. The minimum absolute atomic E-state index is 0.0254. The zero-order chi connectivity index (χ0) is 22.4. The summed E-state index contributed by atoms with van der Waals surface area (Å²) in [5.74, 6) is 2.35. The molecule has 2 aromatic carbocycles. The molecule has 0 N–H and O–H groups in total. The van der Waals surface area contributed by atoms with E-state index >= 15 is 0 Å². The first-order chi connectivity index (χ1) is 15.6. The average molecular weight is 438 g/mol. The van der Waals surface area contributed by atoms with Crippen LogP contribution in [0.25, 0.3) is 0 Å². The Hall–Kier alpha value is -3.35. The van der Waals surface area contributed by atoms with E-state index < -0.39 is 0 Å². The van der Waals surface area contributed by atoms with Crippen LogP contribution in [0, 0.1) is 11.8 Å². The lowest BCUT2D eigenvalue weighted by molar-refractivity contribution is -0.141. The van der Waals surface area contributed by atoms with Crippen molar-refractivity contribution in [3.8, 4) is 28.7 Å². The molecule has 0 amide bonds. The molecule has 32 heavy (non-hydrogen) atoms. The zero-order valence-corrected chi connectivity index (χ0v) is 18.4. The summed E-state index contributed by atoms with van der Waals surface area (Å²) in [4.78, 5) is 13.0. The molecule has 0 saturated carbocycles. The molecule has 7 nitrogen and oxygen atoms in total. The van der Waals surface area contributed by atoms with E-state index in [-0.39, 0.29) is 36.4 Å². The van der Waals surface area contributed by atoms with Gasteiger partial charge < -0.3 is 28.4 Å². The number of hydrogen-bond donors (Lipinski definition) is 0. The molecule has 168 valence electrons. The van der Waals surface area contributed by atoms with Crippen molar-refractivity contribution < 1.29 is 33.2 Å². The van der Waals surface area contributed by atoms with Crippen LogP contribution in [-0.4, -0.2) is 40.7 Å². The van der Waals surface area contributed by atoms with E-state index in [4.69, 9.17) is 28.4 Å². The number of allylic oxidation sites excluding steroid dienone is 1. The van der Waals surface area contributed by atoms with Crippen molar-refractivity contribution in [3.63, 3.8) is 0 Å². The molecule has 4 atom stereocenters. The highest BCUT2D eigenvalue weighted by Gasteiger charge is 2.52. The third-order valence-corrected chi connectivity index (χ3v) is 6.81. The molecule has 2 aromatic rings. The Labute approximate surface area is 186 Å². The maximum absolute atomic E-state index is 13.0. The van der Waals surface area contributed by atoms with Gasteiger partial charge in [-0.25, -0.2) is 0 Å². The summed E-state index contributed by atoms with van der Waals surface area (Å²) < 4.78 is 33.6. The van der Waals surface area contributed by atoms with E-state index in [1.54, 1.807) is 21.3 Å². The van der Waals surface area contributed by atoms with E-state index in [2.05, 4.69) is 12.6 Å². The van der Waals surface area contributed by atoms with Gasteiger partial charge in [0.25, 0.3) is 0 Å². The minimum atomic E-state index is -0.337. The lowest BCUT2D eigenvalue weighted by Gasteiger charge is -2.39. The smallest absolute Gasteiger partial charge is 0.310 e. The number of rotatable bonds is 6. The van der Waals surface area contributed by atoms with Gasteiger partial charge in [-0.1, -0.05) is 6.08 Å². The number of carbonyl (C=O) groups is 1. The van der Waals surface area contributed by atoms with Crippen LogP contribution in [0.2, 0.25) is 0 Å². The summed E-state index contributed by atoms with van der Waals surface area (Å²) in [7, 11) is 4.74. The Bertz CT molecular complexity index is 1050. The Morgan fingerprint density at radius 2 is 1.62 bits per heavy atom. The summed E-state index contributed by atoms with van der Waals surface area (Å²) in [5.41, 5.74) is 3.05. The Kier molecular flexibility index (Phi) is 5.12. The SMILES string of the molecule is C=CC[C@@H]1c2cc3c(cc2[C@@H](c2cc(OC)c(OC)c(OC)c2)[C@H]2C(=O)OCC12)OCO3. The van der Waals surface area contributed by atoms with E-state index in [9.17, 15) is 4.79 Å². The zero-order valence-electron chi connectivity index (χ0n) is 18.4. The Balaban J connectivity index is 1.75. The number of cyclic esters (lactones) is 1. The summed E-state index contributed by atoms with van der Waals surface area (Å²) in [6.07, 6.45) is 2.64. The molecule has 1 aliphatic carbocycles. The highest BCUT2D eigenvalue weighted by Crippen LogP contribution is 2.57. The lowest BCUT2D eigenvalue weighted by Crippen LogP contribution is -2.34. The lowest BCUT2D eigenvalue weighted by atomic mass is 9.62. The molecule has 0 radical (unpaired) electrons. The highest BCUT2D eigenvalue weighted by molar-refractivity contribution is 5.79. The average Bonchev–Trinajstić information content (AvgIpc) is 3.43. The van der Waals surface area contributed by atoms with Crippen LogP contribution in [0.4, 0.5) is 0 Å². The first-order valence-corrected chi connectivity index (χ1v) is 10.6. The van der Waals surface area contributed by atoms with E-state index in [1.165, 1.54) is 0 Å². The number of carbonyl (C=O) groups excluding carboxylic acids is 1. The number of esters is 1. The normalized spacial score (nSPS) is 24.9. The number of methoxy groups -OCH3 is 3. The third kappa shape index (κ3) is 2.98. The van der Waals surface area contributed by atoms with Crippen molar-refractivity contribution in [2.75, 3.05) is 34.7 Å². The topological polar surface area (TPSA) is 72.5 Å². The molecule has 1 unspecified atom stereocenters. The quantitative estimate of drug-likeness (QED) is 0.498. The minimum Gasteiger partial charge on any atom is -0.493 e. The fourth-order valence-corrected chi connectivity index (χ4v) is 5.44. The Morgan fingerprint density at radius 1 is 0.969 bits per heavy atom. The summed E-state index contributed by atoms with van der Waals surface area (Å²) in [6.45, 7) is 4.52. The van der Waals surface area contributed by atoms with Crippen molar-refractivity contribution in [3.05, 3.63) is 53.6 Å². The van der Waals surface area contributed by atoms with Crippen LogP contribution in [0.15, 0.2) is 36.9 Å². The van der Waals surface area contributed by atoms with E-state index in [1.807, 2.05) is 24.3 Å². The van der Waals surface area contributed by atoms with Crippen molar-refractivity contribution in [2.45, 2.75) is 18.3 Å². The van der Waals surface area contributed by atoms with Crippen molar-refractivity contribution >= 4 is 5.97 Å². The molecule has 3 aliphatic rings. The number of hydrogen-bond acceptors (Lipinski definition) is 7. The van der Waals surface area contributed by atoms with Crippen molar-refractivity contribution in [1.82, 2.24) is 0 Å². The van der Waals surface area contributed by atoms with Crippen LogP contribution in [0.5, 0.6) is 28.7 Å². The number of benzene rings is 2. The molecule has 1 fully saturated rings. The standard InChI is InChI=1S/C25H26O7/c1-5-6-14-15-9-18-19(32-12-31-18)10-16(15)22(23-17(14)11-30-25(23)26)13-7-20(27-2)24(29-4)21(8-13)28-3/h5,7-10,14,17,22-23H,1,6,11-12H2,2-4H3/t14-,17?,22-,23+/m1/s1. The molecule has 2 aliphatic heterocycles. The molecule has 2 heterocycles. The first kappa shape index (κ1) is 20.5. The highest BCUT2D eigenvalue weighted by atomic mass is 16.7. The van der Waals surface area contributed by atoms with Crippen molar-refractivity contribution in [2.24, 2.45) is 11.8 Å². The van der Waals surface area contributed by atoms with Gasteiger partial charge in [0.05, 0.1) is 33.9 Å². The van der Waals surface area contributed by atoms with Gasteiger partial charge in [-0.15, -0.1) is 6.58 Å². The molecular formula is C25H26O7. The van der Waals surface area contributed by atoms with Crippen LogP contribution in [0.1, 0.15) is 34.9 Å². The largest absolute Gasteiger partial charge is 0.493 e. The molecule has 0 spiro atoms. The summed E-state index contributed by atoms with van der Waals surface area (Å²) >= 11 is 0. The van der Waals surface area contributed by atoms with Gasteiger partial charge in [-0.2, -0.15) is 0 Å². The van der Waals surface area contributed by atoms with Crippen LogP contribution < -0.4 is 23.7 Å². The predicted octanol–water partition coefficient (Wildman–Crippen LogP) is 4.04. The number of ether oxygens (including phenoxy) is 6. The summed E-state index contributed by atoms with van der Waals surface area (Å²) in [5, 5.41) is 0. The molecule has 1 saturated heterocycles. The maximum atomic E-state index is 13.0. The van der Waals surface area contributed by atoms with Gasteiger partial charge in [0.1, 0.15) is 0 Å². The third-order valence-electron chi connectivity index (χ3n) is 6.81. The number of fused-ring (bicyclic) bond motifs is 3. The van der Waals surface area contributed by atoms with E-state index in [0.717, 1.165) is 28.9 Å². The fraction of sp³-hybridized carbons (Fsp3) is 0.400. The fourth-order valence-electron chi connectivity index (χ4n) is 5.44. The monoisotopic (exact) mass is 438 g/mol. The second-order valence-corrected chi connectivity index (χ2v) is 8.22. The van der Waals surface area contributed by atoms with E-state index in [0.29, 0.717) is 29.6 Å². The van der Waals surface area contributed by atoms with Crippen LogP contribution in [0.3, 0.4) is 0 Å². The molecule has 0 aromatic heterocycles. The van der Waals surface area contributed by atoms with Gasteiger partial charge in [0.2, 0.25) is 12.5 Å². The maximum Gasteiger partial charge on any atom is 0.310 e. The molecule has 7 heteroatoms. The molecule has 5 rings (SSSR count). The van der Waals surface area contributed by atoms with Gasteiger partial charge in [-0.05, 0) is 53.3 Å². The second-order valence-electron chi connectivity index (χ2n) is 8.22. The van der Waals surface area contributed by atoms with Crippen LogP contribution >= 0.6 is 0 Å². The van der Waals surface area contributed by atoms with Gasteiger partial charge in [0, 0.05) is 11.8 Å². The predicted molar refractivity (Wildman–Crippen MR) is 116 cm³/mol. The first-order valence-electron chi connectivity index (χ1n) is 10.6. The second kappa shape index (κ2) is 7.97.